The van der Waals surface area contributed by atoms with E-state index in [1.807, 2.05) is 6.20 Å². The van der Waals surface area contributed by atoms with Crippen molar-refractivity contribution in [3.05, 3.63) is 47.0 Å². The molecule has 2 aliphatic heterocycles. The Labute approximate surface area is 140 Å². The van der Waals surface area contributed by atoms with E-state index >= 15 is 0 Å². The monoisotopic (exact) mass is 331 g/mol. The molecule has 2 aromatic rings. The first-order valence-electron chi connectivity index (χ1n) is 8.42. The number of H-pyrrole nitrogens is 1. The molecule has 0 radical (unpaired) electrons. The number of nitrogens with one attached hydrogen (secondary N) is 1. The zero-order valence-corrected chi connectivity index (χ0v) is 13.8. The van der Waals surface area contributed by atoms with Crippen molar-refractivity contribution in [2.24, 2.45) is 0 Å². The second kappa shape index (κ2) is 6.18. The van der Waals surface area contributed by atoms with Crippen LogP contribution in [0.4, 0.5) is 4.39 Å². The molecular formula is C18H22FN3O2. The fourth-order valence-corrected chi connectivity index (χ4v) is 3.83. The maximum Gasteiger partial charge on any atom is 0.127 e. The van der Waals surface area contributed by atoms with Crippen molar-refractivity contribution in [1.82, 2.24) is 15.1 Å². The Morgan fingerprint density at radius 3 is 3.00 bits per heavy atom. The number of ether oxygens (including phenoxy) is 2. The molecule has 1 aromatic heterocycles. The van der Waals surface area contributed by atoms with Gasteiger partial charge in [-0.15, -0.1) is 0 Å². The minimum atomic E-state index is -0.243. The van der Waals surface area contributed by atoms with Gasteiger partial charge in [-0.05, 0) is 43.0 Å². The molecule has 1 aromatic carbocycles. The lowest BCUT2D eigenvalue weighted by atomic mass is 9.83. The number of aromatic nitrogens is 2. The van der Waals surface area contributed by atoms with Gasteiger partial charge in [0.1, 0.15) is 17.2 Å². The molecule has 0 aliphatic carbocycles. The highest BCUT2D eigenvalue weighted by molar-refractivity contribution is 5.30. The zero-order chi connectivity index (χ0) is 16.6. The van der Waals surface area contributed by atoms with E-state index in [2.05, 4.69) is 15.1 Å². The van der Waals surface area contributed by atoms with Crippen molar-refractivity contribution in [3.63, 3.8) is 0 Å². The smallest absolute Gasteiger partial charge is 0.127 e. The molecule has 0 saturated carbocycles. The van der Waals surface area contributed by atoms with Gasteiger partial charge in [-0.3, -0.25) is 10.00 Å². The summed E-state index contributed by atoms with van der Waals surface area (Å²) >= 11 is 0. The molecule has 0 atom stereocenters. The minimum Gasteiger partial charge on any atom is -0.497 e. The summed E-state index contributed by atoms with van der Waals surface area (Å²) in [5.74, 6) is 0.512. The average molecular weight is 331 g/mol. The van der Waals surface area contributed by atoms with Crippen molar-refractivity contribution in [3.8, 4) is 5.75 Å². The SMILES string of the molecule is COc1ccc(F)c(CN2CCC3(CC2)OCCc2cn[nH]c23)c1. The number of piperidine rings is 1. The van der Waals surface area contributed by atoms with Gasteiger partial charge < -0.3 is 9.47 Å². The number of aromatic amines is 1. The van der Waals surface area contributed by atoms with Crippen LogP contribution in [0.2, 0.25) is 0 Å². The summed E-state index contributed by atoms with van der Waals surface area (Å²) in [5, 5.41) is 7.33. The maximum atomic E-state index is 14.0. The van der Waals surface area contributed by atoms with Crippen LogP contribution in [0.3, 0.4) is 0 Å². The van der Waals surface area contributed by atoms with E-state index in [-0.39, 0.29) is 11.4 Å². The topological polar surface area (TPSA) is 50.4 Å². The summed E-state index contributed by atoms with van der Waals surface area (Å²) in [6, 6.07) is 4.91. The van der Waals surface area contributed by atoms with E-state index in [1.54, 1.807) is 19.2 Å². The quantitative estimate of drug-likeness (QED) is 0.939. The van der Waals surface area contributed by atoms with Crippen molar-refractivity contribution in [1.29, 1.82) is 0 Å². The van der Waals surface area contributed by atoms with Crippen molar-refractivity contribution < 1.29 is 13.9 Å². The van der Waals surface area contributed by atoms with Gasteiger partial charge in [-0.2, -0.15) is 5.10 Å². The summed E-state index contributed by atoms with van der Waals surface area (Å²) < 4.78 is 25.4. The first kappa shape index (κ1) is 15.6. The molecule has 4 rings (SSSR count). The van der Waals surface area contributed by atoms with Crippen LogP contribution in [0.5, 0.6) is 5.75 Å². The van der Waals surface area contributed by atoms with Crippen molar-refractivity contribution in [2.75, 3.05) is 26.8 Å². The fraction of sp³-hybridized carbons (Fsp3) is 0.500. The van der Waals surface area contributed by atoms with Crippen LogP contribution < -0.4 is 4.74 Å². The molecule has 3 heterocycles. The first-order valence-corrected chi connectivity index (χ1v) is 8.42. The van der Waals surface area contributed by atoms with Gasteiger partial charge in [-0.1, -0.05) is 0 Å². The van der Waals surface area contributed by atoms with Gasteiger partial charge in [0.05, 0.1) is 25.6 Å². The molecule has 1 N–H and O–H groups in total. The van der Waals surface area contributed by atoms with Crippen LogP contribution in [0.1, 0.15) is 29.7 Å². The van der Waals surface area contributed by atoms with Crippen LogP contribution in [0.15, 0.2) is 24.4 Å². The number of nitrogens with zero attached hydrogens (tertiary/aromatic N) is 2. The van der Waals surface area contributed by atoms with Gasteiger partial charge in [0.2, 0.25) is 0 Å². The third kappa shape index (κ3) is 2.70. The first-order chi connectivity index (χ1) is 11.7. The number of halogens is 1. The number of hydrogen-bond donors (Lipinski definition) is 1. The Hall–Kier alpha value is -1.92. The largest absolute Gasteiger partial charge is 0.497 e. The van der Waals surface area contributed by atoms with E-state index in [1.165, 1.54) is 11.6 Å². The number of methoxy groups -OCH3 is 1. The normalized spacial score (nSPS) is 20.1. The van der Waals surface area contributed by atoms with Crippen molar-refractivity contribution >= 4 is 0 Å². The van der Waals surface area contributed by atoms with Crippen LogP contribution >= 0.6 is 0 Å². The van der Waals surface area contributed by atoms with Crippen LogP contribution in [-0.4, -0.2) is 41.9 Å². The molecule has 0 amide bonds. The fourth-order valence-electron chi connectivity index (χ4n) is 3.83. The third-order valence-electron chi connectivity index (χ3n) is 5.23. The molecule has 6 heteroatoms. The van der Waals surface area contributed by atoms with E-state index in [4.69, 9.17) is 9.47 Å². The Morgan fingerprint density at radius 2 is 2.21 bits per heavy atom. The van der Waals surface area contributed by atoms with Gasteiger partial charge in [0, 0.05) is 25.2 Å². The van der Waals surface area contributed by atoms with E-state index in [9.17, 15) is 4.39 Å². The van der Waals surface area contributed by atoms with E-state index in [0.29, 0.717) is 17.9 Å². The minimum absolute atomic E-state index is 0.180. The lowest BCUT2D eigenvalue weighted by Crippen LogP contribution is -2.46. The highest BCUT2D eigenvalue weighted by Crippen LogP contribution is 2.40. The molecule has 128 valence electrons. The van der Waals surface area contributed by atoms with E-state index < -0.39 is 0 Å². The Bertz CT molecular complexity index is 723. The second-order valence-electron chi connectivity index (χ2n) is 6.60. The highest BCUT2D eigenvalue weighted by atomic mass is 19.1. The summed E-state index contributed by atoms with van der Waals surface area (Å²) in [4.78, 5) is 2.27. The Balaban J connectivity index is 1.46. The summed E-state index contributed by atoms with van der Waals surface area (Å²) in [6.45, 7) is 3.08. The summed E-state index contributed by atoms with van der Waals surface area (Å²) in [7, 11) is 1.60. The van der Waals surface area contributed by atoms with Crippen molar-refractivity contribution in [2.45, 2.75) is 31.4 Å². The predicted octanol–water partition coefficient (Wildman–Crippen LogP) is 2.62. The molecule has 1 saturated heterocycles. The van der Waals surface area contributed by atoms with Crippen LogP contribution in [0.25, 0.3) is 0 Å². The summed E-state index contributed by atoms with van der Waals surface area (Å²) in [6.07, 6.45) is 4.63. The van der Waals surface area contributed by atoms with Crippen LogP contribution in [0, 0.1) is 5.82 Å². The number of likely N-dealkylation sites (tertiary alicyclic amines) is 1. The Morgan fingerprint density at radius 1 is 1.38 bits per heavy atom. The molecule has 1 fully saturated rings. The molecule has 5 nitrogen and oxygen atoms in total. The van der Waals surface area contributed by atoms with E-state index in [0.717, 1.165) is 44.7 Å². The third-order valence-corrected chi connectivity index (χ3v) is 5.23. The van der Waals surface area contributed by atoms with Gasteiger partial charge in [0.25, 0.3) is 0 Å². The Kier molecular flexibility index (Phi) is 4.02. The maximum absolute atomic E-state index is 14.0. The van der Waals surface area contributed by atoms with Gasteiger partial charge in [-0.25, -0.2) is 4.39 Å². The molecular weight excluding hydrogens is 309 g/mol. The number of hydrogen-bond acceptors (Lipinski definition) is 4. The number of rotatable bonds is 3. The second-order valence-corrected chi connectivity index (χ2v) is 6.60. The number of benzene rings is 1. The summed E-state index contributed by atoms with van der Waals surface area (Å²) in [5.41, 5.74) is 2.85. The van der Waals surface area contributed by atoms with Gasteiger partial charge >= 0.3 is 0 Å². The van der Waals surface area contributed by atoms with Gasteiger partial charge in [0.15, 0.2) is 0 Å². The zero-order valence-electron chi connectivity index (χ0n) is 13.8. The molecule has 24 heavy (non-hydrogen) atoms. The molecule has 0 bridgehead atoms. The van der Waals surface area contributed by atoms with Crippen LogP contribution in [-0.2, 0) is 23.3 Å². The lowest BCUT2D eigenvalue weighted by Gasteiger charge is -2.43. The lowest BCUT2D eigenvalue weighted by molar-refractivity contribution is -0.102. The molecule has 2 aliphatic rings. The highest BCUT2D eigenvalue weighted by Gasteiger charge is 2.42. The predicted molar refractivity (Wildman–Crippen MR) is 87.4 cm³/mol. The molecule has 0 unspecified atom stereocenters. The average Bonchev–Trinajstić information content (AvgIpc) is 3.09. The number of fused-ring (bicyclic) bond motifs is 2. The molecule has 1 spiro atoms. The standard InChI is InChI=1S/C18H22FN3O2/c1-23-15-2-3-16(19)14(10-15)12-22-7-5-18(6-8-22)17-13(4-9-24-18)11-20-21-17/h2-3,10-11H,4-9,12H2,1H3,(H,20,21).